The largest absolute Gasteiger partial charge is 0.315 e. The van der Waals surface area contributed by atoms with Crippen molar-refractivity contribution in [3.05, 3.63) is 30.3 Å². The lowest BCUT2D eigenvalue weighted by atomic mass is 10.3. The summed E-state index contributed by atoms with van der Waals surface area (Å²) in [5.74, 6) is 0. The highest BCUT2D eigenvalue weighted by Gasteiger charge is 2.05. The number of rotatable bonds is 5. The summed E-state index contributed by atoms with van der Waals surface area (Å²) in [7, 11) is 0. The lowest BCUT2D eigenvalue weighted by molar-refractivity contribution is 0.116. The van der Waals surface area contributed by atoms with Gasteiger partial charge in [-0.2, -0.15) is 5.48 Å². The molecule has 0 amide bonds. The molecule has 0 spiro atoms. The normalized spacial score (nSPS) is 12.5. The molecule has 0 aliphatic heterocycles. The predicted octanol–water partition coefficient (Wildman–Crippen LogP) is 1.34. The van der Waals surface area contributed by atoms with Crippen molar-refractivity contribution in [3.63, 3.8) is 0 Å². The summed E-state index contributed by atoms with van der Waals surface area (Å²) >= 11 is 0. The molecule has 0 aliphatic rings. The molecule has 1 aromatic rings. The predicted molar refractivity (Wildman–Crippen MR) is 57.0 cm³/mol. The van der Waals surface area contributed by atoms with Gasteiger partial charge in [0.05, 0.1) is 11.9 Å². The maximum atomic E-state index is 8.69. The molecular weight excluding hydrogens is 178 g/mol. The minimum absolute atomic E-state index is 0.171. The molecule has 3 N–H and O–H groups in total. The average molecular weight is 195 g/mol. The summed E-state index contributed by atoms with van der Waals surface area (Å²) < 4.78 is 0. The molecule has 0 fully saturated rings. The first-order chi connectivity index (χ1) is 6.77. The van der Waals surface area contributed by atoms with Crippen LogP contribution in [0.15, 0.2) is 30.3 Å². The molecule has 14 heavy (non-hydrogen) atoms. The zero-order valence-corrected chi connectivity index (χ0v) is 8.57. The molecule has 1 rings (SSSR count). The van der Waals surface area contributed by atoms with Crippen LogP contribution in [0.5, 0.6) is 0 Å². The van der Waals surface area contributed by atoms with Gasteiger partial charge >= 0.3 is 0 Å². The van der Waals surface area contributed by atoms with E-state index < -0.39 is 0 Å². The number of hydrogen-bond donors (Lipinski definition) is 3. The number of para-hydroxylation sites is 1. The number of benzene rings is 1. The van der Waals surface area contributed by atoms with Crippen molar-refractivity contribution in [2.45, 2.75) is 20.0 Å². The first-order valence-corrected chi connectivity index (χ1v) is 4.76. The molecule has 0 saturated heterocycles. The minimum atomic E-state index is -0.171. The van der Waals surface area contributed by atoms with Crippen LogP contribution in [-0.2, 0) is 0 Å². The maximum absolute atomic E-state index is 8.69. The van der Waals surface area contributed by atoms with Crippen LogP contribution in [0.25, 0.3) is 0 Å². The van der Waals surface area contributed by atoms with E-state index >= 15 is 0 Å². The molecule has 0 aromatic heterocycles. The van der Waals surface area contributed by atoms with Gasteiger partial charge in [-0.25, -0.2) is 5.43 Å². The molecule has 1 aromatic carbocycles. The molecule has 4 heteroatoms. The second-order valence-electron chi connectivity index (χ2n) is 3.06. The molecule has 1 atom stereocenters. The van der Waals surface area contributed by atoms with Gasteiger partial charge in [-0.05, 0) is 26.0 Å². The molecule has 0 aliphatic carbocycles. The Labute approximate surface area is 84.5 Å². The summed E-state index contributed by atoms with van der Waals surface area (Å²) in [6.45, 7) is 4.71. The second kappa shape index (κ2) is 5.59. The highest BCUT2D eigenvalue weighted by atomic mass is 16.5. The van der Waals surface area contributed by atoms with E-state index in [0.717, 1.165) is 12.2 Å². The smallest absolute Gasteiger partial charge is 0.0955 e. The Hall–Kier alpha value is -1.10. The van der Waals surface area contributed by atoms with Gasteiger partial charge in [0.25, 0.3) is 0 Å². The van der Waals surface area contributed by atoms with Gasteiger partial charge in [0.15, 0.2) is 0 Å². The molecule has 4 nitrogen and oxygen atoms in total. The van der Waals surface area contributed by atoms with Crippen molar-refractivity contribution in [1.82, 2.24) is 10.9 Å². The van der Waals surface area contributed by atoms with E-state index in [9.17, 15) is 0 Å². The van der Waals surface area contributed by atoms with Gasteiger partial charge in [-0.1, -0.05) is 18.2 Å². The SMILES string of the molecule is CCN(NC(C)NO)c1ccccc1. The molecule has 1 unspecified atom stereocenters. The highest BCUT2D eigenvalue weighted by Crippen LogP contribution is 2.10. The average Bonchev–Trinajstić information content (AvgIpc) is 2.26. The number of nitrogens with one attached hydrogen (secondary N) is 2. The lowest BCUT2D eigenvalue weighted by Crippen LogP contribution is -2.49. The molecular formula is C10H17N3O. The van der Waals surface area contributed by atoms with E-state index in [0.29, 0.717) is 0 Å². The van der Waals surface area contributed by atoms with Crippen molar-refractivity contribution >= 4 is 5.69 Å². The quantitative estimate of drug-likeness (QED) is 0.490. The van der Waals surface area contributed by atoms with E-state index in [2.05, 4.69) is 10.9 Å². The van der Waals surface area contributed by atoms with Crippen LogP contribution < -0.4 is 15.9 Å². The van der Waals surface area contributed by atoms with Crippen LogP contribution >= 0.6 is 0 Å². The fourth-order valence-corrected chi connectivity index (χ4v) is 1.22. The Bertz CT molecular complexity index is 253. The van der Waals surface area contributed by atoms with E-state index in [1.165, 1.54) is 0 Å². The zero-order chi connectivity index (χ0) is 10.4. The third-order valence-corrected chi connectivity index (χ3v) is 1.93. The van der Waals surface area contributed by atoms with Crippen LogP contribution in [0.4, 0.5) is 5.69 Å². The van der Waals surface area contributed by atoms with Gasteiger partial charge in [0.1, 0.15) is 0 Å². The van der Waals surface area contributed by atoms with Crippen LogP contribution in [0.1, 0.15) is 13.8 Å². The Balaban J connectivity index is 2.63. The molecule has 0 radical (unpaired) electrons. The Kier molecular flexibility index (Phi) is 4.39. The third-order valence-electron chi connectivity index (χ3n) is 1.93. The topological polar surface area (TPSA) is 47.5 Å². The van der Waals surface area contributed by atoms with Gasteiger partial charge < -0.3 is 10.2 Å². The number of hydrogen-bond acceptors (Lipinski definition) is 4. The van der Waals surface area contributed by atoms with Crippen LogP contribution in [0, 0.1) is 0 Å². The third kappa shape index (κ3) is 2.99. The summed E-state index contributed by atoms with van der Waals surface area (Å²) in [6.07, 6.45) is -0.171. The summed E-state index contributed by atoms with van der Waals surface area (Å²) in [5.41, 5.74) is 6.33. The van der Waals surface area contributed by atoms with E-state index in [1.54, 1.807) is 0 Å². The standard InChI is InChI=1S/C10H17N3O/c1-3-13(11-9(2)12-14)10-7-5-4-6-8-10/h4-9,11-12,14H,3H2,1-2H3. The summed E-state index contributed by atoms with van der Waals surface area (Å²) in [5, 5.41) is 10.7. The molecule has 78 valence electrons. The Morgan fingerprint density at radius 3 is 2.50 bits per heavy atom. The maximum Gasteiger partial charge on any atom is 0.0955 e. The molecule has 0 saturated carbocycles. The molecule has 0 heterocycles. The highest BCUT2D eigenvalue weighted by molar-refractivity contribution is 5.44. The van der Waals surface area contributed by atoms with Crippen molar-refractivity contribution in [2.24, 2.45) is 0 Å². The fourth-order valence-electron chi connectivity index (χ4n) is 1.22. The number of anilines is 1. The fraction of sp³-hybridized carbons (Fsp3) is 0.400. The molecule has 0 bridgehead atoms. The monoisotopic (exact) mass is 195 g/mol. The zero-order valence-electron chi connectivity index (χ0n) is 8.57. The van der Waals surface area contributed by atoms with Gasteiger partial charge in [-0.3, -0.25) is 0 Å². The second-order valence-corrected chi connectivity index (χ2v) is 3.06. The van der Waals surface area contributed by atoms with Crippen LogP contribution in [0.2, 0.25) is 0 Å². The van der Waals surface area contributed by atoms with Crippen molar-refractivity contribution in [3.8, 4) is 0 Å². The number of nitrogens with zero attached hydrogens (tertiary/aromatic N) is 1. The first kappa shape index (κ1) is 11.0. The lowest BCUT2D eigenvalue weighted by Gasteiger charge is -2.27. The summed E-state index contributed by atoms with van der Waals surface area (Å²) in [6, 6.07) is 9.97. The number of hydrazine groups is 1. The minimum Gasteiger partial charge on any atom is -0.315 e. The van der Waals surface area contributed by atoms with Gasteiger partial charge in [0, 0.05) is 6.54 Å². The van der Waals surface area contributed by atoms with Gasteiger partial charge in [0.2, 0.25) is 0 Å². The Morgan fingerprint density at radius 1 is 1.36 bits per heavy atom. The van der Waals surface area contributed by atoms with E-state index in [-0.39, 0.29) is 6.17 Å². The summed E-state index contributed by atoms with van der Waals surface area (Å²) in [4.78, 5) is 0. The van der Waals surface area contributed by atoms with Crippen molar-refractivity contribution < 1.29 is 5.21 Å². The van der Waals surface area contributed by atoms with Crippen molar-refractivity contribution in [2.75, 3.05) is 11.6 Å². The van der Waals surface area contributed by atoms with Gasteiger partial charge in [-0.15, -0.1) is 0 Å². The van der Waals surface area contributed by atoms with E-state index in [4.69, 9.17) is 5.21 Å². The number of hydroxylamine groups is 1. The van der Waals surface area contributed by atoms with Crippen LogP contribution in [0.3, 0.4) is 0 Å². The first-order valence-electron chi connectivity index (χ1n) is 4.76. The van der Waals surface area contributed by atoms with Crippen LogP contribution in [-0.4, -0.2) is 17.9 Å². The van der Waals surface area contributed by atoms with E-state index in [1.807, 2.05) is 49.2 Å². The van der Waals surface area contributed by atoms with Crippen molar-refractivity contribution in [1.29, 1.82) is 0 Å². The Morgan fingerprint density at radius 2 is 2.00 bits per heavy atom.